The monoisotopic (exact) mass is 400 g/mol. The molecule has 4 aromatic rings. The highest BCUT2D eigenvalue weighted by Crippen LogP contribution is 2.37. The minimum atomic E-state index is 0.592. The molecule has 0 spiro atoms. The summed E-state index contributed by atoms with van der Waals surface area (Å²) >= 11 is 0. The average molecular weight is 400 g/mol. The number of ether oxygens (including phenoxy) is 2. The maximum absolute atomic E-state index is 9.02. The highest BCUT2D eigenvalue weighted by molar-refractivity contribution is 5.97. The van der Waals surface area contributed by atoms with E-state index in [0.717, 1.165) is 22.2 Å². The summed E-state index contributed by atoms with van der Waals surface area (Å²) in [7, 11) is 3.20. The van der Waals surface area contributed by atoms with Crippen LogP contribution >= 0.6 is 0 Å². The van der Waals surface area contributed by atoms with Gasteiger partial charge in [0.1, 0.15) is 11.6 Å². The third kappa shape index (κ3) is 3.82. The molecule has 150 valence electrons. The van der Waals surface area contributed by atoms with E-state index in [1.54, 1.807) is 26.4 Å². The Morgan fingerprint density at radius 1 is 0.933 bits per heavy atom. The van der Waals surface area contributed by atoms with Crippen LogP contribution in [0.1, 0.15) is 11.3 Å². The van der Waals surface area contributed by atoms with Crippen LogP contribution in [-0.2, 0) is 0 Å². The first kappa shape index (κ1) is 19.1. The van der Waals surface area contributed by atoms with E-state index in [4.69, 9.17) is 19.7 Å². The minimum Gasteiger partial charge on any atom is -0.493 e. The van der Waals surface area contributed by atoms with Crippen molar-refractivity contribution in [2.75, 3.05) is 24.9 Å². The minimum absolute atomic E-state index is 0.592. The van der Waals surface area contributed by atoms with Crippen molar-refractivity contribution in [1.82, 2.24) is 15.2 Å². The van der Waals surface area contributed by atoms with Crippen molar-refractivity contribution in [2.24, 2.45) is 0 Å². The topological polar surface area (TPSA) is 108 Å². The Balaban J connectivity index is 1.81. The first-order valence-corrected chi connectivity index (χ1v) is 9.22. The van der Waals surface area contributed by atoms with E-state index in [1.165, 1.54) is 0 Å². The van der Waals surface area contributed by atoms with Crippen molar-refractivity contribution in [3.05, 3.63) is 59.8 Å². The first-order chi connectivity index (χ1) is 14.6. The lowest BCUT2D eigenvalue weighted by atomic mass is 10.1. The molecule has 8 nitrogen and oxygen atoms in total. The van der Waals surface area contributed by atoms with Gasteiger partial charge in [-0.15, -0.1) is 0 Å². The van der Waals surface area contributed by atoms with Crippen molar-refractivity contribution in [1.29, 1.82) is 5.26 Å². The van der Waals surface area contributed by atoms with E-state index in [9.17, 15) is 0 Å². The zero-order valence-corrected chi connectivity index (χ0v) is 16.8. The van der Waals surface area contributed by atoms with Crippen LogP contribution in [0.25, 0.3) is 10.8 Å². The second-order valence-electron chi connectivity index (χ2n) is 6.66. The number of rotatable bonds is 6. The number of aromatic amines is 1. The number of aryl methyl sites for hydroxylation is 1. The van der Waals surface area contributed by atoms with Crippen LogP contribution in [0.2, 0.25) is 0 Å². The molecule has 2 aromatic heterocycles. The van der Waals surface area contributed by atoms with Gasteiger partial charge < -0.3 is 20.1 Å². The van der Waals surface area contributed by atoms with Gasteiger partial charge in [-0.3, -0.25) is 5.10 Å². The van der Waals surface area contributed by atoms with Gasteiger partial charge >= 0.3 is 0 Å². The Bertz CT molecular complexity index is 1240. The Hall–Kier alpha value is -4.25. The number of fused-ring (bicyclic) bond motifs is 1. The lowest BCUT2D eigenvalue weighted by Crippen LogP contribution is -2.01. The zero-order valence-electron chi connectivity index (χ0n) is 16.8. The highest BCUT2D eigenvalue weighted by atomic mass is 16.5. The van der Waals surface area contributed by atoms with Crippen LogP contribution in [0.4, 0.5) is 23.1 Å². The molecule has 30 heavy (non-hydrogen) atoms. The third-order valence-corrected chi connectivity index (χ3v) is 4.57. The van der Waals surface area contributed by atoms with Crippen LogP contribution in [0.15, 0.2) is 48.5 Å². The van der Waals surface area contributed by atoms with Gasteiger partial charge in [0.25, 0.3) is 0 Å². The Labute approximate surface area is 173 Å². The summed E-state index contributed by atoms with van der Waals surface area (Å²) in [6, 6.07) is 16.9. The SMILES string of the molecule is COc1cc2cc(Nc3cc(C)[nH]n3)nc(Nc3ccc(C#N)cc3)c2cc1OC. The fourth-order valence-corrected chi connectivity index (χ4v) is 3.12. The van der Waals surface area contributed by atoms with E-state index < -0.39 is 0 Å². The molecule has 4 rings (SSSR count). The summed E-state index contributed by atoms with van der Waals surface area (Å²) in [5.41, 5.74) is 2.35. The van der Waals surface area contributed by atoms with Gasteiger partial charge in [-0.2, -0.15) is 10.4 Å². The Kier molecular flexibility index (Phi) is 5.09. The number of H-pyrrole nitrogens is 1. The van der Waals surface area contributed by atoms with Gasteiger partial charge in [0, 0.05) is 22.8 Å². The number of nitrogens with one attached hydrogen (secondary N) is 3. The van der Waals surface area contributed by atoms with E-state index in [0.29, 0.717) is 34.5 Å². The number of anilines is 4. The number of pyridine rings is 1. The zero-order chi connectivity index (χ0) is 21.1. The lowest BCUT2D eigenvalue weighted by molar-refractivity contribution is 0.356. The molecule has 3 N–H and O–H groups in total. The summed E-state index contributed by atoms with van der Waals surface area (Å²) in [6.45, 7) is 1.93. The number of benzene rings is 2. The Morgan fingerprint density at radius 3 is 2.30 bits per heavy atom. The van der Waals surface area contributed by atoms with Crippen molar-refractivity contribution in [3.63, 3.8) is 0 Å². The predicted molar refractivity (Wildman–Crippen MR) is 116 cm³/mol. The van der Waals surface area contributed by atoms with Crippen LogP contribution in [0, 0.1) is 18.3 Å². The molecule has 0 amide bonds. The average Bonchev–Trinajstić information content (AvgIpc) is 3.17. The van der Waals surface area contributed by atoms with Crippen LogP contribution in [0.5, 0.6) is 11.5 Å². The first-order valence-electron chi connectivity index (χ1n) is 9.22. The van der Waals surface area contributed by atoms with Crippen molar-refractivity contribution >= 4 is 33.9 Å². The molecule has 2 aromatic carbocycles. The number of nitriles is 1. The van der Waals surface area contributed by atoms with Gasteiger partial charge in [0.15, 0.2) is 17.3 Å². The van der Waals surface area contributed by atoms with E-state index >= 15 is 0 Å². The second-order valence-corrected chi connectivity index (χ2v) is 6.66. The maximum Gasteiger partial charge on any atom is 0.161 e. The number of nitrogens with zero attached hydrogens (tertiary/aromatic N) is 3. The summed E-state index contributed by atoms with van der Waals surface area (Å²) in [5.74, 6) is 3.16. The molecule has 0 radical (unpaired) electrons. The molecule has 0 aliphatic rings. The van der Waals surface area contributed by atoms with Gasteiger partial charge in [-0.1, -0.05) is 0 Å². The van der Waals surface area contributed by atoms with Crippen molar-refractivity contribution < 1.29 is 9.47 Å². The molecule has 0 atom stereocenters. The van der Waals surface area contributed by atoms with Crippen molar-refractivity contribution in [3.8, 4) is 17.6 Å². The molecule has 2 heterocycles. The van der Waals surface area contributed by atoms with Gasteiger partial charge in [-0.05, 0) is 54.8 Å². The number of methoxy groups -OCH3 is 2. The molecule has 8 heteroatoms. The summed E-state index contributed by atoms with van der Waals surface area (Å²) < 4.78 is 10.9. The van der Waals surface area contributed by atoms with E-state index in [-0.39, 0.29) is 0 Å². The van der Waals surface area contributed by atoms with Crippen LogP contribution < -0.4 is 20.1 Å². The second kappa shape index (κ2) is 8.01. The summed E-state index contributed by atoms with van der Waals surface area (Å²) in [5, 5.41) is 24.5. The fourth-order valence-electron chi connectivity index (χ4n) is 3.12. The summed E-state index contributed by atoms with van der Waals surface area (Å²) in [6.07, 6.45) is 0. The molecule has 0 aliphatic carbocycles. The van der Waals surface area contributed by atoms with E-state index in [1.807, 2.05) is 43.3 Å². The molecular formula is C22H20N6O2. The number of hydrogen-bond donors (Lipinski definition) is 3. The smallest absolute Gasteiger partial charge is 0.161 e. The lowest BCUT2D eigenvalue weighted by Gasteiger charge is -2.15. The van der Waals surface area contributed by atoms with Crippen LogP contribution in [0.3, 0.4) is 0 Å². The standard InChI is InChI=1S/C22H20N6O2/c1-13-8-21(28-27-13)25-20-10-15-9-18(29-2)19(30-3)11-17(15)22(26-20)24-16-6-4-14(12-23)5-7-16/h4-11H,1-3H3,(H3,24,25,26,27,28). The van der Waals surface area contributed by atoms with Gasteiger partial charge in [-0.25, -0.2) is 4.98 Å². The maximum atomic E-state index is 9.02. The highest BCUT2D eigenvalue weighted by Gasteiger charge is 2.13. The number of hydrogen-bond acceptors (Lipinski definition) is 7. The van der Waals surface area contributed by atoms with Crippen LogP contribution in [-0.4, -0.2) is 29.4 Å². The fraction of sp³-hybridized carbons (Fsp3) is 0.136. The third-order valence-electron chi connectivity index (χ3n) is 4.57. The molecule has 0 unspecified atom stereocenters. The van der Waals surface area contributed by atoms with Gasteiger partial charge in [0.2, 0.25) is 0 Å². The summed E-state index contributed by atoms with van der Waals surface area (Å²) in [4.78, 5) is 4.74. The quantitative estimate of drug-likeness (QED) is 0.432. The van der Waals surface area contributed by atoms with Gasteiger partial charge in [0.05, 0.1) is 25.9 Å². The predicted octanol–water partition coefficient (Wildman–Crippen LogP) is 4.64. The molecule has 0 saturated heterocycles. The molecule has 0 bridgehead atoms. The molecule has 0 aliphatic heterocycles. The Morgan fingerprint density at radius 2 is 1.67 bits per heavy atom. The number of aromatic nitrogens is 3. The largest absolute Gasteiger partial charge is 0.493 e. The molecular weight excluding hydrogens is 380 g/mol. The molecule has 0 saturated carbocycles. The molecule has 0 fully saturated rings. The normalized spacial score (nSPS) is 10.5. The van der Waals surface area contributed by atoms with Crippen molar-refractivity contribution in [2.45, 2.75) is 6.92 Å². The van der Waals surface area contributed by atoms with E-state index in [2.05, 4.69) is 26.9 Å².